The van der Waals surface area contributed by atoms with E-state index in [1.165, 1.54) is 25.7 Å². The van der Waals surface area contributed by atoms with E-state index in [2.05, 4.69) is 6.07 Å². The molecular weight excluding hydrogens is 138 g/mol. The number of hydrogen-bond acceptors (Lipinski definition) is 2. The van der Waals surface area contributed by atoms with Crippen molar-refractivity contribution in [3.8, 4) is 6.07 Å². The summed E-state index contributed by atoms with van der Waals surface area (Å²) < 4.78 is 5.31. The minimum atomic E-state index is -0.137. The third-order valence-electron chi connectivity index (χ3n) is 2.30. The smallest absolute Gasteiger partial charge is 0.146 e. The SMILES string of the molecule is CCO[C@@H](C#N)C1CCCC1. The first-order valence-corrected chi connectivity index (χ1v) is 4.39. The van der Waals surface area contributed by atoms with Gasteiger partial charge in [-0.2, -0.15) is 5.26 Å². The molecule has 0 amide bonds. The first-order chi connectivity index (χ1) is 5.38. The van der Waals surface area contributed by atoms with Crippen molar-refractivity contribution < 1.29 is 4.74 Å². The van der Waals surface area contributed by atoms with E-state index in [0.717, 1.165) is 0 Å². The summed E-state index contributed by atoms with van der Waals surface area (Å²) in [5.41, 5.74) is 0. The lowest BCUT2D eigenvalue weighted by molar-refractivity contribution is 0.0608. The van der Waals surface area contributed by atoms with Gasteiger partial charge in [-0.05, 0) is 25.7 Å². The fourth-order valence-electron chi connectivity index (χ4n) is 1.72. The van der Waals surface area contributed by atoms with Gasteiger partial charge < -0.3 is 4.74 Å². The van der Waals surface area contributed by atoms with Crippen LogP contribution in [0, 0.1) is 17.2 Å². The molecule has 1 atom stereocenters. The Labute approximate surface area is 68.2 Å². The second-order valence-corrected chi connectivity index (χ2v) is 3.05. The molecule has 0 bridgehead atoms. The lowest BCUT2D eigenvalue weighted by Gasteiger charge is -2.15. The third kappa shape index (κ3) is 2.20. The fraction of sp³-hybridized carbons (Fsp3) is 0.889. The molecule has 1 aliphatic carbocycles. The van der Waals surface area contributed by atoms with Crippen LogP contribution in [0.2, 0.25) is 0 Å². The molecule has 1 fully saturated rings. The predicted molar refractivity (Wildman–Crippen MR) is 43.0 cm³/mol. The maximum absolute atomic E-state index is 8.74. The maximum Gasteiger partial charge on any atom is 0.146 e. The Morgan fingerprint density at radius 3 is 2.64 bits per heavy atom. The summed E-state index contributed by atoms with van der Waals surface area (Å²) in [7, 11) is 0. The van der Waals surface area contributed by atoms with E-state index < -0.39 is 0 Å². The van der Waals surface area contributed by atoms with Gasteiger partial charge in [-0.15, -0.1) is 0 Å². The molecule has 1 rings (SSSR count). The van der Waals surface area contributed by atoms with E-state index >= 15 is 0 Å². The molecule has 0 heterocycles. The monoisotopic (exact) mass is 153 g/mol. The van der Waals surface area contributed by atoms with Crippen molar-refractivity contribution in [1.82, 2.24) is 0 Å². The van der Waals surface area contributed by atoms with Gasteiger partial charge in [-0.1, -0.05) is 12.8 Å². The Kier molecular flexibility index (Phi) is 3.38. The lowest BCUT2D eigenvalue weighted by Crippen LogP contribution is -2.19. The predicted octanol–water partition coefficient (Wildman–Crippen LogP) is 2.11. The molecule has 2 nitrogen and oxygen atoms in total. The van der Waals surface area contributed by atoms with Crippen molar-refractivity contribution in [1.29, 1.82) is 5.26 Å². The summed E-state index contributed by atoms with van der Waals surface area (Å²) in [4.78, 5) is 0. The number of hydrogen-bond donors (Lipinski definition) is 0. The average Bonchev–Trinajstić information content (AvgIpc) is 2.52. The van der Waals surface area contributed by atoms with Gasteiger partial charge in [0.05, 0.1) is 6.07 Å². The number of rotatable bonds is 3. The van der Waals surface area contributed by atoms with Gasteiger partial charge >= 0.3 is 0 Å². The van der Waals surface area contributed by atoms with E-state index in [-0.39, 0.29) is 6.10 Å². The molecule has 2 heteroatoms. The van der Waals surface area contributed by atoms with Gasteiger partial charge in [-0.25, -0.2) is 0 Å². The van der Waals surface area contributed by atoms with Crippen molar-refractivity contribution >= 4 is 0 Å². The van der Waals surface area contributed by atoms with Crippen LogP contribution in [-0.4, -0.2) is 12.7 Å². The van der Waals surface area contributed by atoms with Gasteiger partial charge in [0.1, 0.15) is 6.10 Å². The van der Waals surface area contributed by atoms with Crippen LogP contribution in [0.25, 0.3) is 0 Å². The second-order valence-electron chi connectivity index (χ2n) is 3.05. The minimum absolute atomic E-state index is 0.137. The van der Waals surface area contributed by atoms with E-state index in [1.807, 2.05) is 6.92 Å². The summed E-state index contributed by atoms with van der Waals surface area (Å²) in [6, 6.07) is 2.22. The highest BCUT2D eigenvalue weighted by Gasteiger charge is 2.24. The first kappa shape index (κ1) is 8.55. The number of nitrogens with zero attached hydrogens (tertiary/aromatic N) is 1. The molecule has 0 aromatic heterocycles. The molecule has 0 aromatic carbocycles. The molecular formula is C9H15NO. The molecule has 0 aromatic rings. The van der Waals surface area contributed by atoms with Crippen LogP contribution >= 0.6 is 0 Å². The summed E-state index contributed by atoms with van der Waals surface area (Å²) >= 11 is 0. The summed E-state index contributed by atoms with van der Waals surface area (Å²) in [6.07, 6.45) is 4.77. The third-order valence-corrected chi connectivity index (χ3v) is 2.30. The zero-order chi connectivity index (χ0) is 8.10. The quantitative estimate of drug-likeness (QED) is 0.622. The zero-order valence-electron chi connectivity index (χ0n) is 7.05. The second kappa shape index (κ2) is 4.35. The highest BCUT2D eigenvalue weighted by molar-refractivity contribution is 4.91. The zero-order valence-corrected chi connectivity index (χ0v) is 7.05. The number of nitriles is 1. The fourth-order valence-corrected chi connectivity index (χ4v) is 1.72. The molecule has 0 unspecified atom stereocenters. The van der Waals surface area contributed by atoms with Gasteiger partial charge in [0.2, 0.25) is 0 Å². The highest BCUT2D eigenvalue weighted by atomic mass is 16.5. The molecule has 0 aliphatic heterocycles. The van der Waals surface area contributed by atoms with Crippen LogP contribution in [-0.2, 0) is 4.74 Å². The van der Waals surface area contributed by atoms with Crippen LogP contribution < -0.4 is 0 Å². The van der Waals surface area contributed by atoms with Gasteiger partial charge in [-0.3, -0.25) is 0 Å². The summed E-state index contributed by atoms with van der Waals surface area (Å²) in [5.74, 6) is 0.514. The van der Waals surface area contributed by atoms with Crippen molar-refractivity contribution in [2.45, 2.75) is 38.7 Å². The Morgan fingerprint density at radius 2 is 2.18 bits per heavy atom. The van der Waals surface area contributed by atoms with E-state index in [1.54, 1.807) is 0 Å². The Morgan fingerprint density at radius 1 is 1.55 bits per heavy atom. The molecule has 1 aliphatic rings. The Hall–Kier alpha value is -0.550. The van der Waals surface area contributed by atoms with Crippen LogP contribution in [0.15, 0.2) is 0 Å². The average molecular weight is 153 g/mol. The molecule has 62 valence electrons. The Balaban J connectivity index is 2.35. The standard InChI is InChI=1S/C9H15NO/c1-2-11-9(7-10)8-5-3-4-6-8/h8-9H,2-6H2,1H3/t9-/m0/s1. The van der Waals surface area contributed by atoms with Crippen LogP contribution in [0.5, 0.6) is 0 Å². The molecule has 0 N–H and O–H groups in total. The summed E-state index contributed by atoms with van der Waals surface area (Å²) in [5, 5.41) is 8.74. The lowest BCUT2D eigenvalue weighted by atomic mass is 10.0. The first-order valence-electron chi connectivity index (χ1n) is 4.39. The van der Waals surface area contributed by atoms with Crippen LogP contribution in [0.3, 0.4) is 0 Å². The molecule has 0 radical (unpaired) electrons. The largest absolute Gasteiger partial charge is 0.363 e. The van der Waals surface area contributed by atoms with Crippen molar-refractivity contribution in [3.05, 3.63) is 0 Å². The maximum atomic E-state index is 8.74. The topological polar surface area (TPSA) is 33.0 Å². The van der Waals surface area contributed by atoms with E-state index in [4.69, 9.17) is 10.00 Å². The van der Waals surface area contributed by atoms with Crippen molar-refractivity contribution in [2.24, 2.45) is 5.92 Å². The molecule has 11 heavy (non-hydrogen) atoms. The van der Waals surface area contributed by atoms with Gasteiger partial charge in [0, 0.05) is 6.61 Å². The highest BCUT2D eigenvalue weighted by Crippen LogP contribution is 2.28. The minimum Gasteiger partial charge on any atom is -0.363 e. The summed E-state index contributed by atoms with van der Waals surface area (Å²) in [6.45, 7) is 2.61. The van der Waals surface area contributed by atoms with Gasteiger partial charge in [0.15, 0.2) is 0 Å². The van der Waals surface area contributed by atoms with E-state index in [0.29, 0.717) is 12.5 Å². The van der Waals surface area contributed by atoms with Crippen molar-refractivity contribution in [3.63, 3.8) is 0 Å². The Bertz CT molecular complexity index is 144. The van der Waals surface area contributed by atoms with Crippen molar-refractivity contribution in [2.75, 3.05) is 6.61 Å². The molecule has 1 saturated carbocycles. The van der Waals surface area contributed by atoms with Crippen LogP contribution in [0.4, 0.5) is 0 Å². The van der Waals surface area contributed by atoms with Crippen LogP contribution in [0.1, 0.15) is 32.6 Å². The molecule has 0 spiro atoms. The molecule has 0 saturated heterocycles. The number of ether oxygens (including phenoxy) is 1. The normalized spacial score (nSPS) is 21.5. The van der Waals surface area contributed by atoms with E-state index in [9.17, 15) is 0 Å². The van der Waals surface area contributed by atoms with Gasteiger partial charge in [0.25, 0.3) is 0 Å².